The number of nitrogens with one attached hydrogen (secondary N) is 1. The molecule has 0 aliphatic carbocycles. The second kappa shape index (κ2) is 24.5. The summed E-state index contributed by atoms with van der Waals surface area (Å²) in [5.74, 6) is -0.176. The van der Waals surface area contributed by atoms with Crippen molar-refractivity contribution in [1.82, 2.24) is 10.2 Å². The molecule has 1 atom stereocenters. The molecule has 0 fully saturated rings. The lowest BCUT2D eigenvalue weighted by molar-refractivity contribution is -0.132. The highest BCUT2D eigenvalue weighted by Gasteiger charge is 2.19. The summed E-state index contributed by atoms with van der Waals surface area (Å²) in [7, 11) is 1.56. The molecule has 0 aromatic heterocycles. The van der Waals surface area contributed by atoms with E-state index in [4.69, 9.17) is 10.5 Å². The third kappa shape index (κ3) is 23.5. The number of nitrogens with two attached hydrogens (primary N) is 1. The maximum absolute atomic E-state index is 11.9. The molecular formula is C26H44FN3O2. The second-order valence-corrected chi connectivity index (χ2v) is 6.98. The van der Waals surface area contributed by atoms with Crippen LogP contribution in [0, 0.1) is 5.82 Å². The van der Waals surface area contributed by atoms with Crippen LogP contribution >= 0.6 is 0 Å². The first-order valence-corrected chi connectivity index (χ1v) is 10.9. The van der Waals surface area contributed by atoms with Crippen molar-refractivity contribution in [3.8, 4) is 0 Å². The zero-order valence-electron chi connectivity index (χ0n) is 20.9. The monoisotopic (exact) mass is 449 g/mol. The van der Waals surface area contributed by atoms with E-state index < -0.39 is 6.04 Å². The van der Waals surface area contributed by atoms with Gasteiger partial charge in [0.25, 0.3) is 0 Å². The Morgan fingerprint density at radius 1 is 1.22 bits per heavy atom. The lowest BCUT2D eigenvalue weighted by atomic mass is 10.1. The van der Waals surface area contributed by atoms with Crippen molar-refractivity contribution in [1.29, 1.82) is 0 Å². The van der Waals surface area contributed by atoms with Crippen LogP contribution in [-0.4, -0.2) is 43.4 Å². The Morgan fingerprint density at radius 3 is 2.00 bits per heavy atom. The van der Waals surface area contributed by atoms with Crippen molar-refractivity contribution in [2.45, 2.75) is 59.9 Å². The summed E-state index contributed by atoms with van der Waals surface area (Å²) >= 11 is 0. The number of hydrogen-bond acceptors (Lipinski definition) is 3. The van der Waals surface area contributed by atoms with Crippen LogP contribution in [0.3, 0.4) is 0 Å². The van der Waals surface area contributed by atoms with E-state index in [2.05, 4.69) is 45.3 Å². The molecule has 1 rings (SSSR count). The van der Waals surface area contributed by atoms with Gasteiger partial charge in [0.05, 0.1) is 6.04 Å². The summed E-state index contributed by atoms with van der Waals surface area (Å²) in [6, 6.07) is 7.45. The first-order chi connectivity index (χ1) is 15.1. The van der Waals surface area contributed by atoms with E-state index in [1.54, 1.807) is 36.2 Å². The molecule has 0 heterocycles. The van der Waals surface area contributed by atoms with Crippen molar-refractivity contribution in [2.75, 3.05) is 20.1 Å². The minimum atomic E-state index is -0.484. The van der Waals surface area contributed by atoms with Crippen LogP contribution < -0.4 is 11.1 Å². The van der Waals surface area contributed by atoms with E-state index in [0.717, 1.165) is 18.5 Å². The fourth-order valence-corrected chi connectivity index (χ4v) is 2.20. The average Bonchev–Trinajstić information content (AvgIpc) is 2.78. The van der Waals surface area contributed by atoms with Crippen LogP contribution in [-0.2, 0) is 9.59 Å². The van der Waals surface area contributed by atoms with Crippen molar-refractivity contribution in [3.63, 3.8) is 0 Å². The van der Waals surface area contributed by atoms with Gasteiger partial charge in [-0.05, 0) is 52.2 Å². The number of benzene rings is 1. The van der Waals surface area contributed by atoms with Gasteiger partial charge < -0.3 is 16.0 Å². The Morgan fingerprint density at radius 2 is 1.75 bits per heavy atom. The number of halogens is 1. The molecule has 0 radical (unpaired) electrons. The van der Waals surface area contributed by atoms with Gasteiger partial charge in [0.1, 0.15) is 5.82 Å². The Labute approximate surface area is 195 Å². The van der Waals surface area contributed by atoms with E-state index in [1.165, 1.54) is 24.1 Å². The highest BCUT2D eigenvalue weighted by atomic mass is 19.1. The summed E-state index contributed by atoms with van der Waals surface area (Å²) < 4.78 is 11.9. The predicted octanol–water partition coefficient (Wildman–Crippen LogP) is 5.26. The van der Waals surface area contributed by atoms with Crippen LogP contribution in [0.25, 0.3) is 0 Å². The number of hydrogen-bond donors (Lipinski definition) is 2. The second-order valence-electron chi connectivity index (χ2n) is 6.98. The molecule has 0 spiro atoms. The molecule has 0 aliphatic rings. The lowest BCUT2D eigenvalue weighted by Gasteiger charge is -2.23. The topological polar surface area (TPSA) is 75.4 Å². The normalized spacial score (nSPS) is 9.62. The van der Waals surface area contributed by atoms with Crippen LogP contribution in [0.1, 0.15) is 53.9 Å². The Bertz CT molecular complexity index is 642. The molecule has 0 bridgehead atoms. The predicted molar refractivity (Wildman–Crippen MR) is 136 cm³/mol. The SMILES string of the molecule is C=CC(=C)C[C@H](N)C(=O)N(CC)CCC.CCC=C(C)C.CNC=O.Fc1ccccc1. The van der Waals surface area contributed by atoms with E-state index in [0.29, 0.717) is 19.4 Å². The van der Waals surface area contributed by atoms with Gasteiger partial charge in [0.2, 0.25) is 12.3 Å². The fraction of sp³-hybridized carbons (Fsp3) is 0.462. The Hall–Kier alpha value is -2.73. The van der Waals surface area contributed by atoms with E-state index >= 15 is 0 Å². The quantitative estimate of drug-likeness (QED) is 0.307. The van der Waals surface area contributed by atoms with Crippen molar-refractivity contribution < 1.29 is 14.0 Å². The fourth-order valence-electron chi connectivity index (χ4n) is 2.20. The van der Waals surface area contributed by atoms with Crippen molar-refractivity contribution in [2.24, 2.45) is 5.73 Å². The highest BCUT2D eigenvalue weighted by molar-refractivity contribution is 5.82. The molecule has 0 saturated carbocycles. The van der Waals surface area contributed by atoms with Crippen molar-refractivity contribution >= 4 is 12.3 Å². The molecule has 3 N–H and O–H groups in total. The summed E-state index contributed by atoms with van der Waals surface area (Å²) in [5.41, 5.74) is 8.02. The zero-order chi connectivity index (χ0) is 25.4. The number of allylic oxidation sites excluding steroid dienone is 3. The number of nitrogens with zero attached hydrogens (tertiary/aromatic N) is 1. The third-order valence-corrected chi connectivity index (χ3v) is 3.74. The number of likely N-dealkylation sites (N-methyl/N-ethyl adjacent to an activating group) is 1. The molecule has 0 saturated heterocycles. The van der Waals surface area contributed by atoms with Crippen LogP contribution in [0.2, 0.25) is 0 Å². The maximum atomic E-state index is 11.9. The molecule has 2 amide bonds. The van der Waals surface area contributed by atoms with E-state index in [1.807, 2.05) is 13.8 Å². The largest absolute Gasteiger partial charge is 0.362 e. The molecule has 32 heavy (non-hydrogen) atoms. The summed E-state index contributed by atoms with van der Waals surface area (Å²) in [6.07, 6.45) is 7.09. The van der Waals surface area contributed by atoms with Crippen LogP contribution in [0.15, 0.2) is 66.8 Å². The summed E-state index contributed by atoms with van der Waals surface area (Å²) in [6.45, 7) is 19.2. The van der Waals surface area contributed by atoms with E-state index in [9.17, 15) is 9.18 Å². The van der Waals surface area contributed by atoms with Gasteiger partial charge in [-0.15, -0.1) is 0 Å². The van der Waals surface area contributed by atoms with Gasteiger partial charge in [-0.2, -0.15) is 0 Å². The van der Waals surface area contributed by atoms with Gasteiger partial charge in [0.15, 0.2) is 0 Å². The summed E-state index contributed by atoms with van der Waals surface area (Å²) in [5, 5.41) is 2.25. The van der Waals surface area contributed by atoms with Crippen LogP contribution in [0.4, 0.5) is 4.39 Å². The first-order valence-electron chi connectivity index (χ1n) is 10.9. The standard InChI is InChI=1S/C12H22N2O.C6H5F.C6H12.C2H5NO/c1-5-8-14(7-3)12(15)11(13)9-10(4)6-2;7-6-4-2-1-3-5-6;1-4-5-6(2)3;1-3-2-4/h6,11H,2,4-5,7-9,13H2,1,3H3;1-5H;5H,4H2,1-3H3;2H,1H3,(H,3,4)/t11-;;;/m0.../s1. The van der Waals surface area contributed by atoms with Gasteiger partial charge in [-0.3, -0.25) is 9.59 Å². The minimum Gasteiger partial charge on any atom is -0.362 e. The highest BCUT2D eigenvalue weighted by Crippen LogP contribution is 2.05. The van der Waals surface area contributed by atoms with Crippen LogP contribution in [0.5, 0.6) is 0 Å². The maximum Gasteiger partial charge on any atom is 0.239 e. The van der Waals surface area contributed by atoms with Gasteiger partial charge in [-0.25, -0.2) is 4.39 Å². The lowest BCUT2D eigenvalue weighted by Crippen LogP contribution is -2.44. The zero-order valence-corrected chi connectivity index (χ0v) is 20.9. The van der Waals surface area contributed by atoms with Gasteiger partial charge in [-0.1, -0.05) is 68.5 Å². The third-order valence-electron chi connectivity index (χ3n) is 3.74. The van der Waals surface area contributed by atoms with E-state index in [-0.39, 0.29) is 11.7 Å². The molecule has 6 heteroatoms. The average molecular weight is 450 g/mol. The number of carbonyl (C=O) groups excluding carboxylic acids is 2. The summed E-state index contributed by atoms with van der Waals surface area (Å²) in [4.78, 5) is 22.7. The van der Waals surface area contributed by atoms with Crippen molar-refractivity contribution in [3.05, 3.63) is 72.6 Å². The first kappa shape index (κ1) is 33.9. The molecule has 0 aliphatic heterocycles. The molecule has 1 aromatic rings. The van der Waals surface area contributed by atoms with Gasteiger partial charge in [0, 0.05) is 20.1 Å². The molecule has 182 valence electrons. The molecule has 0 unspecified atom stereocenters. The Kier molecular flexibility index (Phi) is 26.0. The smallest absolute Gasteiger partial charge is 0.239 e. The van der Waals surface area contributed by atoms with Gasteiger partial charge >= 0.3 is 0 Å². The number of carbonyl (C=O) groups is 2. The number of rotatable bonds is 9. The minimum absolute atomic E-state index is 0.00218. The molecule has 1 aromatic carbocycles. The number of amides is 2. The Balaban J connectivity index is -0.000000407. The molecule has 5 nitrogen and oxygen atoms in total. The molecular weight excluding hydrogens is 405 g/mol.